The van der Waals surface area contributed by atoms with Gasteiger partial charge in [-0.05, 0) is 38.0 Å². The molecule has 1 aliphatic heterocycles. The van der Waals surface area contributed by atoms with Crippen molar-refractivity contribution in [2.75, 3.05) is 0 Å². The number of carbonyl (C=O) groups excluding carboxylic acids is 2. The Kier molecular flexibility index (Phi) is 6.24. The SMILES string of the molecule is CCC(CC)N1C(=O)C(CC(C)C)NC(=O)C1(CC)CC. The van der Waals surface area contributed by atoms with Crippen molar-refractivity contribution in [2.45, 2.75) is 91.3 Å². The van der Waals surface area contributed by atoms with Gasteiger partial charge in [-0.2, -0.15) is 0 Å². The first kappa shape index (κ1) is 18.0. The Bertz CT molecular complexity index is 371. The summed E-state index contributed by atoms with van der Waals surface area (Å²) >= 11 is 0. The lowest BCUT2D eigenvalue weighted by atomic mass is 9.82. The fourth-order valence-electron chi connectivity index (χ4n) is 3.57. The Morgan fingerprint density at radius 2 is 1.62 bits per heavy atom. The third-order valence-electron chi connectivity index (χ3n) is 4.91. The molecule has 1 unspecified atom stereocenters. The fraction of sp³-hybridized carbons (Fsp3) is 0.882. The molecular weight excluding hydrogens is 264 g/mol. The van der Waals surface area contributed by atoms with Crippen molar-refractivity contribution in [1.29, 1.82) is 0 Å². The molecule has 1 N–H and O–H groups in total. The number of hydrogen-bond acceptors (Lipinski definition) is 2. The van der Waals surface area contributed by atoms with Crippen LogP contribution in [-0.4, -0.2) is 34.3 Å². The predicted molar refractivity (Wildman–Crippen MR) is 85.9 cm³/mol. The first-order valence-electron chi connectivity index (χ1n) is 8.51. The van der Waals surface area contributed by atoms with E-state index in [1.165, 1.54) is 0 Å². The molecule has 1 fully saturated rings. The van der Waals surface area contributed by atoms with E-state index in [4.69, 9.17) is 0 Å². The maximum atomic E-state index is 13.0. The Morgan fingerprint density at radius 3 is 2.00 bits per heavy atom. The van der Waals surface area contributed by atoms with Crippen LogP contribution in [-0.2, 0) is 9.59 Å². The van der Waals surface area contributed by atoms with Crippen molar-refractivity contribution in [3.05, 3.63) is 0 Å². The van der Waals surface area contributed by atoms with Crippen LogP contribution < -0.4 is 5.32 Å². The number of hydrogen-bond donors (Lipinski definition) is 1. The van der Waals surface area contributed by atoms with Crippen molar-refractivity contribution in [1.82, 2.24) is 10.2 Å². The number of nitrogens with one attached hydrogen (secondary N) is 1. The molecule has 0 radical (unpaired) electrons. The van der Waals surface area contributed by atoms with Gasteiger partial charge >= 0.3 is 0 Å². The van der Waals surface area contributed by atoms with E-state index in [2.05, 4.69) is 33.0 Å². The van der Waals surface area contributed by atoms with Gasteiger partial charge in [0.1, 0.15) is 11.6 Å². The van der Waals surface area contributed by atoms with Gasteiger partial charge in [0, 0.05) is 6.04 Å². The molecule has 0 aromatic rings. The molecule has 1 aliphatic rings. The fourth-order valence-corrected chi connectivity index (χ4v) is 3.57. The van der Waals surface area contributed by atoms with Crippen LogP contribution in [0.1, 0.15) is 73.6 Å². The molecule has 4 heteroatoms. The minimum atomic E-state index is -0.665. The molecule has 0 saturated carbocycles. The normalized spacial score (nSPS) is 22.1. The molecule has 21 heavy (non-hydrogen) atoms. The summed E-state index contributed by atoms with van der Waals surface area (Å²) < 4.78 is 0. The molecule has 0 aromatic carbocycles. The second-order valence-electron chi connectivity index (χ2n) is 6.57. The standard InChI is InChI=1S/C17H32N2O2/c1-7-13(8-2)19-15(20)14(11-12(5)6)18-16(21)17(19,9-3)10-4/h12-14H,7-11H2,1-6H3,(H,18,21). The maximum Gasteiger partial charge on any atom is 0.246 e. The van der Waals surface area contributed by atoms with Gasteiger partial charge in [-0.25, -0.2) is 0 Å². The summed E-state index contributed by atoms with van der Waals surface area (Å²) in [6.07, 6.45) is 3.85. The molecule has 0 aromatic heterocycles. The van der Waals surface area contributed by atoms with Crippen LogP contribution in [0.3, 0.4) is 0 Å². The molecular formula is C17H32N2O2. The van der Waals surface area contributed by atoms with Crippen LogP contribution in [0.15, 0.2) is 0 Å². The smallest absolute Gasteiger partial charge is 0.246 e. The number of piperazine rings is 1. The zero-order valence-electron chi connectivity index (χ0n) is 14.5. The molecule has 0 bridgehead atoms. The van der Waals surface area contributed by atoms with Crippen molar-refractivity contribution in [3.8, 4) is 0 Å². The second kappa shape index (κ2) is 7.28. The van der Waals surface area contributed by atoms with E-state index in [0.717, 1.165) is 12.8 Å². The third kappa shape index (κ3) is 3.24. The minimum absolute atomic E-state index is 0.0321. The highest BCUT2D eigenvalue weighted by molar-refractivity contribution is 6.00. The van der Waals surface area contributed by atoms with E-state index >= 15 is 0 Å². The average Bonchev–Trinajstić information content (AvgIpc) is 2.45. The van der Waals surface area contributed by atoms with Crippen molar-refractivity contribution < 1.29 is 9.59 Å². The summed E-state index contributed by atoms with van der Waals surface area (Å²) in [5, 5.41) is 2.99. The van der Waals surface area contributed by atoms with Crippen LogP contribution in [0.4, 0.5) is 0 Å². The lowest BCUT2D eigenvalue weighted by molar-refractivity contribution is -0.162. The monoisotopic (exact) mass is 296 g/mol. The molecule has 4 nitrogen and oxygen atoms in total. The largest absolute Gasteiger partial charge is 0.342 e. The van der Waals surface area contributed by atoms with E-state index in [9.17, 15) is 9.59 Å². The van der Waals surface area contributed by atoms with E-state index in [1.54, 1.807) is 0 Å². The molecule has 1 heterocycles. The Balaban J connectivity index is 3.23. The number of rotatable bonds is 7. The van der Waals surface area contributed by atoms with Gasteiger partial charge in [-0.15, -0.1) is 0 Å². The zero-order chi connectivity index (χ0) is 16.2. The molecule has 1 atom stereocenters. The van der Waals surface area contributed by atoms with Crippen molar-refractivity contribution in [2.24, 2.45) is 5.92 Å². The van der Waals surface area contributed by atoms with E-state index in [1.807, 2.05) is 18.7 Å². The summed E-state index contributed by atoms with van der Waals surface area (Å²) in [5.41, 5.74) is -0.665. The van der Waals surface area contributed by atoms with E-state index < -0.39 is 5.54 Å². The lowest BCUT2D eigenvalue weighted by Crippen LogP contribution is -2.72. The highest BCUT2D eigenvalue weighted by Gasteiger charge is 2.51. The summed E-state index contributed by atoms with van der Waals surface area (Å²) in [4.78, 5) is 27.7. The number of amides is 2. The van der Waals surface area contributed by atoms with Gasteiger partial charge in [0.15, 0.2) is 0 Å². The quantitative estimate of drug-likeness (QED) is 0.785. The van der Waals surface area contributed by atoms with Crippen LogP contribution in [0, 0.1) is 5.92 Å². The summed E-state index contributed by atoms with van der Waals surface area (Å²) in [5.74, 6) is 0.531. The van der Waals surface area contributed by atoms with Gasteiger partial charge in [0.25, 0.3) is 0 Å². The Hall–Kier alpha value is -1.06. The van der Waals surface area contributed by atoms with E-state index in [0.29, 0.717) is 25.2 Å². The summed E-state index contributed by atoms with van der Waals surface area (Å²) in [6, 6.07) is -0.206. The highest BCUT2D eigenvalue weighted by atomic mass is 16.2. The minimum Gasteiger partial charge on any atom is -0.342 e. The topological polar surface area (TPSA) is 49.4 Å². The summed E-state index contributed by atoms with van der Waals surface area (Å²) in [6.45, 7) is 12.4. The van der Waals surface area contributed by atoms with Crippen LogP contribution in [0.25, 0.3) is 0 Å². The molecule has 0 aliphatic carbocycles. The van der Waals surface area contributed by atoms with Crippen molar-refractivity contribution in [3.63, 3.8) is 0 Å². The number of carbonyl (C=O) groups is 2. The molecule has 0 spiro atoms. The van der Waals surface area contributed by atoms with Crippen LogP contribution in [0.2, 0.25) is 0 Å². The summed E-state index contributed by atoms with van der Waals surface area (Å²) in [7, 11) is 0. The molecule has 122 valence electrons. The Labute approximate surface area is 129 Å². The average molecular weight is 296 g/mol. The molecule has 1 rings (SSSR count). The first-order valence-corrected chi connectivity index (χ1v) is 8.51. The van der Waals surface area contributed by atoms with E-state index in [-0.39, 0.29) is 23.9 Å². The van der Waals surface area contributed by atoms with Crippen molar-refractivity contribution >= 4 is 11.8 Å². The third-order valence-corrected chi connectivity index (χ3v) is 4.91. The second-order valence-corrected chi connectivity index (χ2v) is 6.57. The first-order chi connectivity index (χ1) is 9.87. The van der Waals surface area contributed by atoms with Gasteiger partial charge < -0.3 is 10.2 Å². The molecule has 1 saturated heterocycles. The lowest BCUT2D eigenvalue weighted by Gasteiger charge is -2.51. The van der Waals surface area contributed by atoms with Crippen LogP contribution in [0.5, 0.6) is 0 Å². The van der Waals surface area contributed by atoms with Gasteiger partial charge in [0.2, 0.25) is 11.8 Å². The van der Waals surface area contributed by atoms with Gasteiger partial charge in [0.05, 0.1) is 0 Å². The zero-order valence-corrected chi connectivity index (χ0v) is 14.5. The number of nitrogens with zero attached hydrogens (tertiary/aromatic N) is 1. The van der Waals surface area contributed by atoms with Gasteiger partial charge in [-0.1, -0.05) is 41.5 Å². The van der Waals surface area contributed by atoms with Crippen LogP contribution >= 0.6 is 0 Å². The highest BCUT2D eigenvalue weighted by Crippen LogP contribution is 2.33. The van der Waals surface area contributed by atoms with Gasteiger partial charge in [-0.3, -0.25) is 9.59 Å². The maximum absolute atomic E-state index is 13.0. The molecule has 2 amide bonds. The predicted octanol–water partition coefficient (Wildman–Crippen LogP) is 3.11. The Morgan fingerprint density at radius 1 is 1.10 bits per heavy atom.